The van der Waals surface area contributed by atoms with Gasteiger partial charge in [0.05, 0.1) is 22.0 Å². The molecule has 166 valence electrons. The molecule has 0 spiro atoms. The lowest BCUT2D eigenvalue weighted by molar-refractivity contribution is -0.387. The Morgan fingerprint density at radius 1 is 0.844 bits per heavy atom. The summed E-state index contributed by atoms with van der Waals surface area (Å²) in [7, 11) is 2.85. The van der Waals surface area contributed by atoms with Crippen LogP contribution in [0.5, 0.6) is 0 Å². The first-order valence-electron chi connectivity index (χ1n) is 8.58. The van der Waals surface area contributed by atoms with Crippen molar-refractivity contribution < 1.29 is 13.7 Å². The van der Waals surface area contributed by atoms with Gasteiger partial charge in [-0.25, -0.2) is 14.0 Å². The fourth-order valence-electron chi connectivity index (χ4n) is 2.39. The molecule has 32 heavy (non-hydrogen) atoms. The van der Waals surface area contributed by atoms with E-state index in [0.29, 0.717) is 5.69 Å². The number of benzene rings is 2. The van der Waals surface area contributed by atoms with Gasteiger partial charge < -0.3 is 5.73 Å². The zero-order valence-corrected chi connectivity index (χ0v) is 16.5. The quantitative estimate of drug-likeness (QED) is 0.251. The SMILES string of the molecule is Cn1nnn(-c2ccc(F)c(N)c2)c1=O.Cn1nnn(-c2ccc(F)c([N+](=O)[O-])c2)c1=O. The third kappa shape index (κ3) is 4.23. The first kappa shape index (κ1) is 21.9. The van der Waals surface area contributed by atoms with Gasteiger partial charge in [-0.15, -0.1) is 0 Å². The minimum absolute atomic E-state index is 0.0370. The molecule has 0 bridgehead atoms. The number of aryl methyl sites for hydroxylation is 2. The number of nitrogens with two attached hydrogens (primary N) is 1. The minimum Gasteiger partial charge on any atom is -0.396 e. The van der Waals surface area contributed by atoms with Gasteiger partial charge in [0.1, 0.15) is 5.82 Å². The van der Waals surface area contributed by atoms with E-state index in [1.165, 1.54) is 38.4 Å². The molecule has 0 unspecified atom stereocenters. The van der Waals surface area contributed by atoms with Gasteiger partial charge in [0.15, 0.2) is 0 Å². The average molecular weight is 448 g/mol. The van der Waals surface area contributed by atoms with Crippen LogP contribution in [0.25, 0.3) is 11.4 Å². The molecule has 0 amide bonds. The summed E-state index contributed by atoms with van der Waals surface area (Å²) in [6.07, 6.45) is 0. The molecule has 4 rings (SSSR count). The first-order chi connectivity index (χ1) is 15.1. The molecule has 0 atom stereocenters. The van der Waals surface area contributed by atoms with Gasteiger partial charge >= 0.3 is 17.1 Å². The van der Waals surface area contributed by atoms with Crippen LogP contribution in [0.3, 0.4) is 0 Å². The van der Waals surface area contributed by atoms with Crippen molar-refractivity contribution in [3.05, 3.63) is 79.1 Å². The van der Waals surface area contributed by atoms with Crippen LogP contribution >= 0.6 is 0 Å². The molecule has 2 aromatic heterocycles. The topological polar surface area (TPSA) is 175 Å². The Kier molecular flexibility index (Phi) is 5.86. The summed E-state index contributed by atoms with van der Waals surface area (Å²) < 4.78 is 29.8. The molecule has 0 aliphatic carbocycles. The largest absolute Gasteiger partial charge is 0.396 e. The highest BCUT2D eigenvalue weighted by Crippen LogP contribution is 2.19. The highest BCUT2D eigenvalue weighted by molar-refractivity contribution is 5.48. The van der Waals surface area contributed by atoms with E-state index < -0.39 is 33.6 Å². The third-order valence-corrected chi connectivity index (χ3v) is 4.04. The van der Waals surface area contributed by atoms with Crippen molar-refractivity contribution in [1.29, 1.82) is 0 Å². The van der Waals surface area contributed by atoms with Crippen molar-refractivity contribution in [3.8, 4) is 11.4 Å². The molecular weight excluding hydrogens is 434 g/mol. The maximum absolute atomic E-state index is 13.1. The van der Waals surface area contributed by atoms with Crippen LogP contribution in [0.1, 0.15) is 0 Å². The smallest absolute Gasteiger partial charge is 0.368 e. The van der Waals surface area contributed by atoms with Gasteiger partial charge in [-0.05, 0) is 51.2 Å². The van der Waals surface area contributed by atoms with Crippen molar-refractivity contribution >= 4 is 11.4 Å². The number of nitro benzene ring substituents is 1. The number of anilines is 1. The molecule has 16 heteroatoms. The zero-order chi connectivity index (χ0) is 23.6. The Bertz CT molecular complexity index is 1420. The van der Waals surface area contributed by atoms with Gasteiger partial charge in [-0.2, -0.15) is 23.1 Å². The molecule has 0 aliphatic rings. The van der Waals surface area contributed by atoms with Crippen molar-refractivity contribution in [2.75, 3.05) is 5.73 Å². The molecule has 0 saturated heterocycles. The Labute approximate surface area is 175 Å². The van der Waals surface area contributed by atoms with Crippen molar-refractivity contribution in [3.63, 3.8) is 0 Å². The number of hydrogen-bond donors (Lipinski definition) is 1. The lowest BCUT2D eigenvalue weighted by Gasteiger charge is -2.00. The van der Waals surface area contributed by atoms with Crippen molar-refractivity contribution in [2.24, 2.45) is 14.1 Å². The van der Waals surface area contributed by atoms with Crippen LogP contribution in [0.2, 0.25) is 0 Å². The summed E-state index contributed by atoms with van der Waals surface area (Å²) in [5.74, 6) is -1.51. The predicted octanol–water partition coefficient (Wildman–Crippen LogP) is -0.299. The van der Waals surface area contributed by atoms with E-state index in [1.54, 1.807) is 0 Å². The number of nitrogen functional groups attached to an aromatic ring is 1. The molecule has 2 heterocycles. The van der Waals surface area contributed by atoms with Crippen LogP contribution < -0.4 is 17.1 Å². The minimum atomic E-state index is -0.976. The average Bonchev–Trinajstić information content (AvgIpc) is 3.26. The monoisotopic (exact) mass is 448 g/mol. The summed E-state index contributed by atoms with van der Waals surface area (Å²) in [6, 6.07) is 6.93. The van der Waals surface area contributed by atoms with Crippen LogP contribution in [-0.4, -0.2) is 44.5 Å². The predicted molar refractivity (Wildman–Crippen MR) is 104 cm³/mol. The Balaban J connectivity index is 0.000000182. The maximum atomic E-state index is 13.1. The summed E-state index contributed by atoms with van der Waals surface area (Å²) >= 11 is 0. The third-order valence-electron chi connectivity index (χ3n) is 4.04. The molecule has 2 N–H and O–H groups in total. The molecule has 0 aliphatic heterocycles. The normalized spacial score (nSPS) is 10.5. The molecule has 0 fully saturated rings. The Morgan fingerprint density at radius 3 is 1.72 bits per heavy atom. The van der Waals surface area contributed by atoms with Crippen molar-refractivity contribution in [1.82, 2.24) is 39.6 Å². The van der Waals surface area contributed by atoms with E-state index in [1.807, 2.05) is 0 Å². The van der Waals surface area contributed by atoms with Crippen LogP contribution in [-0.2, 0) is 14.1 Å². The molecule has 0 radical (unpaired) electrons. The molecular formula is C16H14F2N10O4. The molecule has 2 aromatic carbocycles. The van der Waals surface area contributed by atoms with E-state index in [9.17, 15) is 28.5 Å². The van der Waals surface area contributed by atoms with E-state index in [0.717, 1.165) is 30.9 Å². The highest BCUT2D eigenvalue weighted by Gasteiger charge is 2.17. The Hall–Kier alpha value is -4.76. The lowest BCUT2D eigenvalue weighted by atomic mass is 10.2. The second kappa shape index (κ2) is 8.54. The summed E-state index contributed by atoms with van der Waals surface area (Å²) in [6.45, 7) is 0. The van der Waals surface area contributed by atoms with E-state index >= 15 is 0 Å². The second-order valence-corrected chi connectivity index (χ2v) is 6.19. The van der Waals surface area contributed by atoms with Crippen LogP contribution in [0.15, 0.2) is 46.0 Å². The van der Waals surface area contributed by atoms with E-state index in [2.05, 4.69) is 20.9 Å². The van der Waals surface area contributed by atoms with Crippen LogP contribution in [0, 0.1) is 21.7 Å². The summed E-state index contributed by atoms with van der Waals surface area (Å²) in [5, 5.41) is 24.6. The second-order valence-electron chi connectivity index (χ2n) is 6.19. The summed E-state index contributed by atoms with van der Waals surface area (Å²) in [5.41, 5.74) is 4.08. The first-order valence-corrected chi connectivity index (χ1v) is 8.58. The molecule has 4 aromatic rings. The van der Waals surface area contributed by atoms with E-state index in [4.69, 9.17) is 5.73 Å². The number of rotatable bonds is 3. The number of nitro groups is 1. The van der Waals surface area contributed by atoms with Gasteiger partial charge in [0.2, 0.25) is 5.82 Å². The summed E-state index contributed by atoms with van der Waals surface area (Å²) in [4.78, 5) is 32.6. The van der Waals surface area contributed by atoms with Gasteiger partial charge in [-0.3, -0.25) is 10.1 Å². The maximum Gasteiger partial charge on any atom is 0.368 e. The fourth-order valence-corrected chi connectivity index (χ4v) is 2.39. The fraction of sp³-hybridized carbons (Fsp3) is 0.125. The standard InChI is InChI=1S/C8H6FN5O3.C8H8FN5O/c1-12-8(15)13(11-10-12)5-2-3-6(9)7(4-5)14(16)17;1-13-8(15)14(12-11-13)5-2-3-6(9)7(10)4-5/h2-4H,1H3;2-4H,10H2,1H3. The Morgan fingerprint density at radius 2 is 1.31 bits per heavy atom. The molecule has 0 saturated carbocycles. The number of hydrogen-bond acceptors (Lipinski definition) is 9. The van der Waals surface area contributed by atoms with Gasteiger partial charge in [0, 0.05) is 20.2 Å². The number of tetrazole rings is 2. The highest BCUT2D eigenvalue weighted by atomic mass is 19.1. The van der Waals surface area contributed by atoms with Gasteiger partial charge in [-0.1, -0.05) is 0 Å². The molecule has 14 nitrogen and oxygen atoms in total. The van der Waals surface area contributed by atoms with Crippen molar-refractivity contribution in [2.45, 2.75) is 0 Å². The number of nitrogens with zero attached hydrogens (tertiary/aromatic N) is 9. The zero-order valence-electron chi connectivity index (χ0n) is 16.5. The van der Waals surface area contributed by atoms with Crippen LogP contribution in [0.4, 0.5) is 20.2 Å². The van der Waals surface area contributed by atoms with Gasteiger partial charge in [0.25, 0.3) is 0 Å². The lowest BCUT2D eigenvalue weighted by Crippen LogP contribution is -2.22. The van der Waals surface area contributed by atoms with E-state index in [-0.39, 0.29) is 11.4 Å². The number of halogens is 2. The number of aromatic nitrogens is 8.